The van der Waals surface area contributed by atoms with Gasteiger partial charge in [-0.2, -0.15) is 0 Å². The second-order valence-corrected chi connectivity index (χ2v) is 6.57. The molecule has 0 saturated heterocycles. The molecule has 0 aromatic carbocycles. The summed E-state index contributed by atoms with van der Waals surface area (Å²) in [5.41, 5.74) is 0.822. The Balaban J connectivity index is 3.04. The van der Waals surface area contributed by atoms with Crippen molar-refractivity contribution in [3.05, 3.63) is 11.2 Å². The first-order valence-corrected chi connectivity index (χ1v) is 7.36. The van der Waals surface area contributed by atoms with Gasteiger partial charge < -0.3 is 5.11 Å². The molecule has 6 nitrogen and oxygen atoms in total. The van der Waals surface area contributed by atoms with Crippen LogP contribution in [0.15, 0.2) is 9.72 Å². The molecule has 1 heterocycles. The normalized spacial score (nSPS) is 11.9. The van der Waals surface area contributed by atoms with Gasteiger partial charge in [0.05, 0.1) is 5.51 Å². The maximum absolute atomic E-state index is 12.1. The van der Waals surface area contributed by atoms with Gasteiger partial charge in [-0.05, 0) is 6.42 Å². The number of thiazole rings is 1. The van der Waals surface area contributed by atoms with Crippen LogP contribution in [-0.4, -0.2) is 42.4 Å². The van der Waals surface area contributed by atoms with E-state index in [1.54, 1.807) is 0 Å². The van der Waals surface area contributed by atoms with E-state index in [9.17, 15) is 13.2 Å². The van der Waals surface area contributed by atoms with E-state index in [0.29, 0.717) is 6.54 Å². The van der Waals surface area contributed by atoms with Gasteiger partial charge in [-0.1, -0.05) is 13.3 Å². The Kier molecular flexibility index (Phi) is 4.61. The van der Waals surface area contributed by atoms with Crippen LogP contribution < -0.4 is 0 Å². The van der Waals surface area contributed by atoms with Gasteiger partial charge in [0.1, 0.15) is 0 Å². The fraction of sp³-hybridized carbons (Fsp3) is 0.556. The van der Waals surface area contributed by atoms with Crippen molar-refractivity contribution in [3.63, 3.8) is 0 Å². The number of unbranched alkanes of at least 4 members (excludes halogenated alkanes) is 1. The fourth-order valence-corrected chi connectivity index (χ4v) is 3.74. The van der Waals surface area contributed by atoms with Crippen molar-refractivity contribution in [3.8, 4) is 0 Å². The second kappa shape index (κ2) is 5.56. The molecule has 1 aromatic rings. The van der Waals surface area contributed by atoms with Crippen LogP contribution in [0.2, 0.25) is 0 Å². The molecule has 17 heavy (non-hydrogen) atoms. The molecule has 96 valence electrons. The molecule has 0 aliphatic carbocycles. The Hall–Kier alpha value is -0.990. The molecule has 0 aliphatic rings. The molecule has 0 fully saturated rings. The van der Waals surface area contributed by atoms with Gasteiger partial charge in [-0.25, -0.2) is 22.5 Å². The zero-order valence-electron chi connectivity index (χ0n) is 9.58. The Bertz CT molecular complexity index is 495. The first-order valence-electron chi connectivity index (χ1n) is 5.04. The number of rotatable bonds is 6. The third-order valence-corrected chi connectivity index (χ3v) is 5.41. The Morgan fingerprint density at radius 2 is 2.24 bits per heavy atom. The van der Waals surface area contributed by atoms with Gasteiger partial charge in [-0.3, -0.25) is 0 Å². The van der Waals surface area contributed by atoms with Gasteiger partial charge in [0.25, 0.3) is 10.0 Å². The van der Waals surface area contributed by atoms with E-state index in [1.165, 1.54) is 12.6 Å². The Morgan fingerprint density at radius 1 is 1.59 bits per heavy atom. The van der Waals surface area contributed by atoms with Crippen LogP contribution in [0.4, 0.5) is 0 Å². The van der Waals surface area contributed by atoms with Crippen molar-refractivity contribution < 1.29 is 18.3 Å². The molecule has 1 N–H and O–H groups in total. The number of aromatic carboxylic acids is 1. The highest BCUT2D eigenvalue weighted by atomic mass is 32.2. The van der Waals surface area contributed by atoms with Crippen molar-refractivity contribution in [2.75, 3.05) is 13.6 Å². The van der Waals surface area contributed by atoms with Gasteiger partial charge >= 0.3 is 5.97 Å². The molecular formula is C9H14N2O4S2. The van der Waals surface area contributed by atoms with E-state index < -0.39 is 21.7 Å². The largest absolute Gasteiger partial charge is 0.476 e. The smallest absolute Gasteiger partial charge is 0.356 e. The summed E-state index contributed by atoms with van der Waals surface area (Å²) in [4.78, 5) is 14.4. The van der Waals surface area contributed by atoms with Crippen LogP contribution in [0.1, 0.15) is 30.3 Å². The summed E-state index contributed by atoms with van der Waals surface area (Å²) >= 11 is 0.825. The van der Waals surface area contributed by atoms with E-state index in [1.807, 2.05) is 6.92 Å². The van der Waals surface area contributed by atoms with Gasteiger partial charge in [0.15, 0.2) is 9.90 Å². The molecule has 1 rings (SSSR count). The minimum Gasteiger partial charge on any atom is -0.476 e. The van der Waals surface area contributed by atoms with Crippen LogP contribution in [0.3, 0.4) is 0 Å². The first-order chi connectivity index (χ1) is 7.91. The maximum Gasteiger partial charge on any atom is 0.356 e. The van der Waals surface area contributed by atoms with E-state index in [2.05, 4.69) is 4.98 Å². The van der Waals surface area contributed by atoms with Crippen LogP contribution in [0.5, 0.6) is 0 Å². The van der Waals surface area contributed by atoms with Crippen molar-refractivity contribution in [2.45, 2.75) is 24.0 Å². The minimum atomic E-state index is -3.74. The van der Waals surface area contributed by atoms with Gasteiger partial charge in [-0.15, -0.1) is 11.3 Å². The average molecular weight is 278 g/mol. The van der Waals surface area contributed by atoms with E-state index in [-0.39, 0.29) is 4.21 Å². The lowest BCUT2D eigenvalue weighted by molar-refractivity contribution is 0.0687. The maximum atomic E-state index is 12.1. The van der Waals surface area contributed by atoms with Crippen molar-refractivity contribution in [1.29, 1.82) is 0 Å². The highest BCUT2D eigenvalue weighted by Crippen LogP contribution is 2.23. The standard InChI is InChI=1S/C9H14N2O4S2/c1-3-4-5-11(2)17(14,15)9-7(8(12)13)10-6-16-9/h6H,3-5H2,1-2H3,(H,12,13). The number of carboxylic acid groups (broad SMARTS) is 1. The average Bonchev–Trinajstić information content (AvgIpc) is 2.75. The summed E-state index contributed by atoms with van der Waals surface area (Å²) in [6, 6.07) is 0. The zero-order valence-corrected chi connectivity index (χ0v) is 11.2. The fourth-order valence-electron chi connectivity index (χ4n) is 1.20. The van der Waals surface area contributed by atoms with Crippen molar-refractivity contribution >= 4 is 27.3 Å². The molecule has 1 aromatic heterocycles. The van der Waals surface area contributed by atoms with E-state index >= 15 is 0 Å². The summed E-state index contributed by atoms with van der Waals surface area (Å²) < 4.78 is 25.1. The molecule has 0 spiro atoms. The summed E-state index contributed by atoms with van der Waals surface area (Å²) in [5.74, 6) is -1.33. The minimum absolute atomic E-state index is 0.205. The molecular weight excluding hydrogens is 264 g/mol. The summed E-state index contributed by atoms with van der Waals surface area (Å²) in [7, 11) is -2.29. The summed E-state index contributed by atoms with van der Waals surface area (Å²) in [5, 5.41) is 8.84. The number of hydrogen-bond acceptors (Lipinski definition) is 5. The molecule has 0 aliphatic heterocycles. The van der Waals surface area contributed by atoms with Gasteiger partial charge in [0, 0.05) is 13.6 Å². The molecule has 0 amide bonds. The zero-order chi connectivity index (χ0) is 13.1. The third kappa shape index (κ3) is 3.02. The topological polar surface area (TPSA) is 87.6 Å². The summed E-state index contributed by atoms with van der Waals surface area (Å²) in [6.07, 6.45) is 1.60. The lowest BCUT2D eigenvalue weighted by Gasteiger charge is -2.15. The van der Waals surface area contributed by atoms with Gasteiger partial charge in [0.2, 0.25) is 0 Å². The monoisotopic (exact) mass is 278 g/mol. The molecule has 0 saturated carbocycles. The van der Waals surface area contributed by atoms with Crippen molar-refractivity contribution in [2.24, 2.45) is 0 Å². The number of sulfonamides is 1. The predicted octanol–water partition coefficient (Wildman–Crippen LogP) is 1.26. The van der Waals surface area contributed by atoms with Crippen LogP contribution in [-0.2, 0) is 10.0 Å². The van der Waals surface area contributed by atoms with Crippen LogP contribution in [0.25, 0.3) is 0 Å². The van der Waals surface area contributed by atoms with E-state index in [0.717, 1.165) is 28.5 Å². The molecule has 0 atom stereocenters. The SMILES string of the molecule is CCCCN(C)S(=O)(=O)c1scnc1C(=O)O. The van der Waals surface area contributed by atoms with Crippen LogP contribution in [0, 0.1) is 0 Å². The van der Waals surface area contributed by atoms with E-state index in [4.69, 9.17) is 5.11 Å². The highest BCUT2D eigenvalue weighted by molar-refractivity contribution is 7.91. The first kappa shape index (κ1) is 14.1. The Morgan fingerprint density at radius 3 is 2.76 bits per heavy atom. The predicted molar refractivity (Wildman–Crippen MR) is 63.8 cm³/mol. The second-order valence-electron chi connectivity index (χ2n) is 3.47. The molecule has 0 unspecified atom stereocenters. The number of aromatic nitrogens is 1. The number of carbonyl (C=O) groups is 1. The van der Waals surface area contributed by atoms with Crippen LogP contribution >= 0.6 is 11.3 Å². The number of carboxylic acids is 1. The lowest BCUT2D eigenvalue weighted by atomic mass is 10.3. The van der Waals surface area contributed by atoms with Crippen molar-refractivity contribution in [1.82, 2.24) is 9.29 Å². The molecule has 8 heteroatoms. The quantitative estimate of drug-likeness (QED) is 0.846. The number of nitrogens with zero attached hydrogens (tertiary/aromatic N) is 2. The molecule has 0 bridgehead atoms. The third-order valence-electron chi connectivity index (χ3n) is 2.21. The number of hydrogen-bond donors (Lipinski definition) is 1. The highest BCUT2D eigenvalue weighted by Gasteiger charge is 2.28. The molecule has 0 radical (unpaired) electrons. The Labute approximate surface area is 104 Å². The summed E-state index contributed by atoms with van der Waals surface area (Å²) in [6.45, 7) is 2.33. The lowest BCUT2D eigenvalue weighted by Crippen LogP contribution is -2.28.